The summed E-state index contributed by atoms with van der Waals surface area (Å²) >= 11 is 0. The van der Waals surface area contributed by atoms with Crippen molar-refractivity contribution >= 4 is 5.91 Å². The Balaban J connectivity index is 1.64. The quantitative estimate of drug-likeness (QED) is 0.805. The number of amides is 1. The molecule has 5 nitrogen and oxygen atoms in total. The summed E-state index contributed by atoms with van der Waals surface area (Å²) in [5.41, 5.74) is -0.138. The molecule has 3 atom stereocenters. The van der Waals surface area contributed by atoms with Crippen LogP contribution >= 0.6 is 0 Å². The second kappa shape index (κ2) is 5.40. The number of hydrogen-bond acceptors (Lipinski definition) is 3. The lowest BCUT2D eigenvalue weighted by Crippen LogP contribution is -2.47. The van der Waals surface area contributed by atoms with Gasteiger partial charge in [0, 0.05) is 25.4 Å². The highest BCUT2D eigenvalue weighted by atomic mass is 16.5. The summed E-state index contributed by atoms with van der Waals surface area (Å²) in [6.45, 7) is 3.65. The van der Waals surface area contributed by atoms with E-state index in [9.17, 15) is 9.59 Å². The zero-order valence-corrected chi connectivity index (χ0v) is 11.7. The summed E-state index contributed by atoms with van der Waals surface area (Å²) in [6.07, 6.45) is 4.24. The van der Waals surface area contributed by atoms with Crippen molar-refractivity contribution in [3.05, 3.63) is 34.7 Å². The van der Waals surface area contributed by atoms with Gasteiger partial charge in [-0.1, -0.05) is 6.07 Å². The van der Waals surface area contributed by atoms with Crippen LogP contribution in [0.4, 0.5) is 0 Å². The average molecular weight is 276 g/mol. The van der Waals surface area contributed by atoms with Crippen molar-refractivity contribution < 1.29 is 9.53 Å². The third kappa shape index (κ3) is 2.63. The van der Waals surface area contributed by atoms with E-state index in [4.69, 9.17) is 4.74 Å². The zero-order valence-electron chi connectivity index (χ0n) is 11.7. The molecule has 3 heterocycles. The highest BCUT2D eigenvalue weighted by Crippen LogP contribution is 2.32. The molecule has 0 bridgehead atoms. The summed E-state index contributed by atoms with van der Waals surface area (Å²) in [7, 11) is 0. The van der Waals surface area contributed by atoms with Crippen molar-refractivity contribution in [1.29, 1.82) is 0 Å². The van der Waals surface area contributed by atoms with Crippen LogP contribution in [0.3, 0.4) is 0 Å². The molecule has 108 valence electrons. The topological polar surface area (TPSA) is 51.5 Å². The Kier molecular flexibility index (Phi) is 3.61. The van der Waals surface area contributed by atoms with Crippen LogP contribution in [-0.2, 0) is 16.1 Å². The first-order chi connectivity index (χ1) is 9.63. The van der Waals surface area contributed by atoms with Crippen LogP contribution in [0.2, 0.25) is 0 Å². The van der Waals surface area contributed by atoms with E-state index < -0.39 is 0 Å². The maximum atomic E-state index is 12.3. The number of hydrogen-bond donors (Lipinski definition) is 0. The first-order valence-corrected chi connectivity index (χ1v) is 7.22. The van der Waals surface area contributed by atoms with E-state index in [0.29, 0.717) is 18.6 Å². The normalized spacial score (nSPS) is 29.2. The van der Waals surface area contributed by atoms with Crippen molar-refractivity contribution in [2.45, 2.75) is 38.5 Å². The third-order valence-electron chi connectivity index (χ3n) is 4.30. The number of piperidine rings is 1. The molecule has 2 fully saturated rings. The molecule has 0 saturated carbocycles. The van der Waals surface area contributed by atoms with Crippen molar-refractivity contribution in [3.63, 3.8) is 0 Å². The molecule has 1 aromatic rings. The number of likely N-dealkylation sites (tertiary alicyclic amines) is 1. The van der Waals surface area contributed by atoms with Crippen LogP contribution in [0, 0.1) is 5.92 Å². The fraction of sp³-hybridized carbons (Fsp3) is 0.600. The van der Waals surface area contributed by atoms with Gasteiger partial charge < -0.3 is 14.2 Å². The van der Waals surface area contributed by atoms with Crippen LogP contribution in [-0.4, -0.2) is 40.7 Å². The minimum atomic E-state index is -0.138. The standard InChI is InChI=1S/C15H20N2O3/c1-11-8-12-5-7-17(9-13(12)20-11)15(19)10-16-6-3-2-4-14(16)18/h2-4,6,11-13H,5,7-10H2,1H3/t11-,12+,13-/m1/s1. The van der Waals surface area contributed by atoms with Gasteiger partial charge in [-0.25, -0.2) is 0 Å². The number of carbonyl (C=O) groups excluding carboxylic acids is 1. The van der Waals surface area contributed by atoms with Crippen molar-refractivity contribution in [1.82, 2.24) is 9.47 Å². The predicted molar refractivity (Wildman–Crippen MR) is 74.3 cm³/mol. The lowest BCUT2D eigenvalue weighted by atomic mass is 9.92. The van der Waals surface area contributed by atoms with Crippen molar-refractivity contribution in [2.75, 3.05) is 13.1 Å². The largest absolute Gasteiger partial charge is 0.373 e. The van der Waals surface area contributed by atoms with Crippen LogP contribution in [0.15, 0.2) is 29.2 Å². The average Bonchev–Trinajstić information content (AvgIpc) is 2.80. The molecule has 3 rings (SSSR count). The molecule has 2 aliphatic heterocycles. The van der Waals surface area contributed by atoms with E-state index in [0.717, 1.165) is 19.4 Å². The fourth-order valence-corrected chi connectivity index (χ4v) is 3.23. The molecule has 0 aliphatic carbocycles. The van der Waals surface area contributed by atoms with Gasteiger partial charge in [0.1, 0.15) is 6.54 Å². The maximum absolute atomic E-state index is 12.3. The van der Waals surface area contributed by atoms with E-state index in [2.05, 4.69) is 6.92 Å². The summed E-state index contributed by atoms with van der Waals surface area (Å²) in [5.74, 6) is 0.591. The van der Waals surface area contributed by atoms with Gasteiger partial charge >= 0.3 is 0 Å². The molecule has 5 heteroatoms. The van der Waals surface area contributed by atoms with Gasteiger partial charge in [0.25, 0.3) is 5.56 Å². The first kappa shape index (κ1) is 13.4. The number of fused-ring (bicyclic) bond motifs is 1. The summed E-state index contributed by atoms with van der Waals surface area (Å²) in [6, 6.07) is 4.92. The van der Waals surface area contributed by atoms with Gasteiger partial charge in [0.05, 0.1) is 12.2 Å². The lowest BCUT2D eigenvalue weighted by molar-refractivity contribution is -0.136. The van der Waals surface area contributed by atoms with E-state index in [-0.39, 0.29) is 24.1 Å². The van der Waals surface area contributed by atoms with Crippen LogP contribution in [0.25, 0.3) is 0 Å². The Bertz CT molecular complexity index is 554. The third-order valence-corrected chi connectivity index (χ3v) is 4.30. The summed E-state index contributed by atoms with van der Waals surface area (Å²) in [4.78, 5) is 25.8. The first-order valence-electron chi connectivity index (χ1n) is 7.22. The molecule has 2 aliphatic rings. The number of aromatic nitrogens is 1. The van der Waals surface area contributed by atoms with Gasteiger partial charge in [-0.05, 0) is 31.7 Å². The molecular weight excluding hydrogens is 256 g/mol. The summed E-state index contributed by atoms with van der Waals surface area (Å²) < 4.78 is 7.31. The number of nitrogens with zero attached hydrogens (tertiary/aromatic N) is 2. The molecule has 0 radical (unpaired) electrons. The number of ether oxygens (including phenoxy) is 1. The Morgan fingerprint density at radius 3 is 3.10 bits per heavy atom. The molecule has 0 N–H and O–H groups in total. The number of rotatable bonds is 2. The molecule has 1 amide bonds. The second-order valence-corrected chi connectivity index (χ2v) is 5.78. The van der Waals surface area contributed by atoms with E-state index in [1.54, 1.807) is 18.3 Å². The smallest absolute Gasteiger partial charge is 0.250 e. The molecule has 1 aromatic heterocycles. The Morgan fingerprint density at radius 2 is 2.30 bits per heavy atom. The minimum Gasteiger partial charge on any atom is -0.373 e. The van der Waals surface area contributed by atoms with Crippen molar-refractivity contribution in [2.24, 2.45) is 5.92 Å². The van der Waals surface area contributed by atoms with Gasteiger partial charge in [-0.3, -0.25) is 9.59 Å². The fourth-order valence-electron chi connectivity index (χ4n) is 3.23. The van der Waals surface area contributed by atoms with Crippen LogP contribution < -0.4 is 5.56 Å². The number of carbonyl (C=O) groups is 1. The summed E-state index contributed by atoms with van der Waals surface area (Å²) in [5, 5.41) is 0. The Hall–Kier alpha value is -1.62. The zero-order chi connectivity index (χ0) is 14.1. The minimum absolute atomic E-state index is 0.0000898. The highest BCUT2D eigenvalue weighted by Gasteiger charge is 2.38. The van der Waals surface area contributed by atoms with E-state index in [1.807, 2.05) is 4.90 Å². The van der Waals surface area contributed by atoms with Gasteiger partial charge in [0.2, 0.25) is 5.91 Å². The number of pyridine rings is 1. The Labute approximate surface area is 118 Å². The van der Waals surface area contributed by atoms with E-state index in [1.165, 1.54) is 10.6 Å². The monoisotopic (exact) mass is 276 g/mol. The molecular formula is C15H20N2O3. The molecule has 0 unspecified atom stereocenters. The predicted octanol–water partition coefficient (Wildman–Crippen LogP) is 0.874. The second-order valence-electron chi connectivity index (χ2n) is 5.78. The van der Waals surface area contributed by atoms with Gasteiger partial charge in [-0.15, -0.1) is 0 Å². The van der Waals surface area contributed by atoms with Crippen LogP contribution in [0.1, 0.15) is 19.8 Å². The maximum Gasteiger partial charge on any atom is 0.250 e. The van der Waals surface area contributed by atoms with Gasteiger partial charge in [0.15, 0.2) is 0 Å². The molecule has 0 aromatic carbocycles. The highest BCUT2D eigenvalue weighted by molar-refractivity contribution is 5.76. The molecule has 20 heavy (non-hydrogen) atoms. The SMILES string of the molecule is C[C@@H]1C[C@@H]2CCN(C(=O)Cn3ccccc3=O)C[C@H]2O1. The van der Waals surface area contributed by atoms with E-state index >= 15 is 0 Å². The lowest BCUT2D eigenvalue weighted by Gasteiger charge is -2.34. The van der Waals surface area contributed by atoms with Crippen molar-refractivity contribution in [3.8, 4) is 0 Å². The Morgan fingerprint density at radius 1 is 1.45 bits per heavy atom. The van der Waals surface area contributed by atoms with Crippen LogP contribution in [0.5, 0.6) is 0 Å². The molecule has 0 spiro atoms. The van der Waals surface area contributed by atoms with Gasteiger partial charge in [-0.2, -0.15) is 0 Å². The molecule has 2 saturated heterocycles.